The number of halogens is 6. The van der Waals surface area contributed by atoms with Gasteiger partial charge >= 0.3 is 12.7 Å². The zero-order valence-corrected chi connectivity index (χ0v) is 12.3. The minimum absolute atomic E-state index is 0.161. The summed E-state index contributed by atoms with van der Waals surface area (Å²) >= 11 is -1.78. The van der Waals surface area contributed by atoms with Crippen molar-refractivity contribution in [3.63, 3.8) is 0 Å². The summed E-state index contributed by atoms with van der Waals surface area (Å²) < 4.78 is 91.9. The Hall–Kier alpha value is -2.07. The molecular formula is C14H8F6O3S. The molecule has 0 heterocycles. The fourth-order valence-electron chi connectivity index (χ4n) is 1.67. The van der Waals surface area contributed by atoms with Gasteiger partial charge in [0.25, 0.3) is 0 Å². The summed E-state index contributed by atoms with van der Waals surface area (Å²) in [6.45, 7) is 0. The molecule has 0 aliphatic heterocycles. The Bertz CT molecular complexity index is 607. The molecule has 24 heavy (non-hydrogen) atoms. The molecule has 2 aromatic carbocycles. The van der Waals surface area contributed by atoms with Crippen molar-refractivity contribution in [2.24, 2.45) is 0 Å². The quantitative estimate of drug-likeness (QED) is 0.581. The van der Waals surface area contributed by atoms with Crippen molar-refractivity contribution >= 4 is 11.2 Å². The molecule has 0 saturated carbocycles. The molecular weight excluding hydrogens is 362 g/mol. The minimum Gasteiger partial charge on any atom is -0.606 e. The second kappa shape index (κ2) is 6.81. The third-order valence-corrected chi connectivity index (χ3v) is 3.94. The smallest absolute Gasteiger partial charge is 0.573 e. The molecule has 0 amide bonds. The zero-order valence-electron chi connectivity index (χ0n) is 11.5. The molecule has 0 aliphatic rings. The van der Waals surface area contributed by atoms with Gasteiger partial charge in [-0.25, -0.2) is 0 Å². The van der Waals surface area contributed by atoms with Gasteiger partial charge in [0.1, 0.15) is 11.5 Å². The van der Waals surface area contributed by atoms with Gasteiger partial charge in [-0.1, -0.05) is 0 Å². The van der Waals surface area contributed by atoms with Gasteiger partial charge in [-0.05, 0) is 48.5 Å². The van der Waals surface area contributed by atoms with E-state index in [1.807, 2.05) is 0 Å². The van der Waals surface area contributed by atoms with Gasteiger partial charge in [-0.15, -0.1) is 26.3 Å². The molecule has 2 rings (SSSR count). The Morgan fingerprint density at radius 2 is 0.917 bits per heavy atom. The molecule has 2 aromatic rings. The summed E-state index contributed by atoms with van der Waals surface area (Å²) in [5.74, 6) is -0.950. The summed E-state index contributed by atoms with van der Waals surface area (Å²) in [7, 11) is 0. The van der Waals surface area contributed by atoms with Gasteiger partial charge < -0.3 is 14.0 Å². The van der Waals surface area contributed by atoms with E-state index in [9.17, 15) is 30.9 Å². The number of hydrogen-bond acceptors (Lipinski definition) is 3. The standard InChI is InChI=1S/C14H8F6O3S/c15-13(16,17)22-9-1-5-11(6-2-9)24(21)12-7-3-10(4-8-12)23-14(18,19)20/h1-8H. The highest BCUT2D eigenvalue weighted by molar-refractivity contribution is 7.91. The highest BCUT2D eigenvalue weighted by Gasteiger charge is 2.32. The normalized spacial score (nSPS) is 12.3. The van der Waals surface area contributed by atoms with Crippen LogP contribution in [-0.4, -0.2) is 17.3 Å². The third-order valence-electron chi connectivity index (χ3n) is 2.54. The Morgan fingerprint density at radius 1 is 0.625 bits per heavy atom. The van der Waals surface area contributed by atoms with Crippen LogP contribution in [0.4, 0.5) is 26.3 Å². The van der Waals surface area contributed by atoms with E-state index in [1.54, 1.807) is 0 Å². The molecule has 0 fully saturated rings. The van der Waals surface area contributed by atoms with E-state index < -0.39 is 35.4 Å². The molecule has 130 valence electrons. The number of rotatable bonds is 4. The maximum absolute atomic E-state index is 12.2. The van der Waals surface area contributed by atoms with Gasteiger partial charge in [-0.3, -0.25) is 0 Å². The fourth-order valence-corrected chi connectivity index (χ4v) is 2.70. The molecule has 0 atom stereocenters. The average molecular weight is 370 g/mol. The summed E-state index contributed by atoms with van der Waals surface area (Å²) in [6, 6.07) is 8.61. The van der Waals surface area contributed by atoms with E-state index in [4.69, 9.17) is 0 Å². The van der Waals surface area contributed by atoms with Crippen LogP contribution in [0.1, 0.15) is 0 Å². The molecule has 0 bridgehead atoms. The van der Waals surface area contributed by atoms with Crippen molar-refractivity contribution in [2.45, 2.75) is 22.5 Å². The van der Waals surface area contributed by atoms with Crippen LogP contribution in [0.2, 0.25) is 0 Å². The fraction of sp³-hybridized carbons (Fsp3) is 0.143. The lowest BCUT2D eigenvalue weighted by Gasteiger charge is -2.13. The topological polar surface area (TPSA) is 41.5 Å². The summed E-state index contributed by atoms with van der Waals surface area (Å²) in [6.07, 6.45) is -9.68. The number of benzene rings is 2. The molecule has 0 radical (unpaired) electrons. The second-order valence-corrected chi connectivity index (χ2v) is 5.79. The Kier molecular flexibility index (Phi) is 5.19. The van der Waals surface area contributed by atoms with Crippen molar-refractivity contribution in [1.82, 2.24) is 0 Å². The second-order valence-electron chi connectivity index (χ2n) is 4.31. The van der Waals surface area contributed by atoms with E-state index in [1.165, 1.54) is 0 Å². The van der Waals surface area contributed by atoms with E-state index in [-0.39, 0.29) is 9.79 Å². The van der Waals surface area contributed by atoms with Crippen LogP contribution in [0.25, 0.3) is 0 Å². The molecule has 0 aliphatic carbocycles. The first-order valence-electron chi connectivity index (χ1n) is 6.17. The zero-order chi connectivity index (χ0) is 18.0. The van der Waals surface area contributed by atoms with Crippen LogP contribution in [-0.2, 0) is 11.2 Å². The predicted molar refractivity (Wildman–Crippen MR) is 70.9 cm³/mol. The van der Waals surface area contributed by atoms with E-state index >= 15 is 0 Å². The predicted octanol–water partition coefficient (Wildman–Crippen LogP) is 4.65. The van der Waals surface area contributed by atoms with E-state index in [2.05, 4.69) is 9.47 Å². The average Bonchev–Trinajstić information content (AvgIpc) is 2.45. The van der Waals surface area contributed by atoms with Crippen LogP contribution < -0.4 is 9.47 Å². The Labute approximate surface area is 135 Å². The molecule has 0 N–H and O–H groups in total. The first kappa shape index (κ1) is 18.3. The van der Waals surface area contributed by atoms with Gasteiger partial charge in [0.2, 0.25) is 0 Å². The number of ether oxygens (including phenoxy) is 2. The van der Waals surface area contributed by atoms with Gasteiger partial charge in [-0.2, -0.15) is 0 Å². The van der Waals surface area contributed by atoms with Crippen molar-refractivity contribution in [1.29, 1.82) is 0 Å². The van der Waals surface area contributed by atoms with Crippen molar-refractivity contribution in [3.8, 4) is 11.5 Å². The van der Waals surface area contributed by atoms with Crippen molar-refractivity contribution in [2.75, 3.05) is 0 Å². The molecule has 0 spiro atoms. The summed E-state index contributed by atoms with van der Waals surface area (Å²) in [5.41, 5.74) is 0. The van der Waals surface area contributed by atoms with Gasteiger partial charge in [0, 0.05) is 11.2 Å². The van der Waals surface area contributed by atoms with Crippen LogP contribution in [0.15, 0.2) is 58.3 Å². The molecule has 3 nitrogen and oxygen atoms in total. The van der Waals surface area contributed by atoms with Crippen molar-refractivity contribution in [3.05, 3.63) is 48.5 Å². The molecule has 0 unspecified atom stereocenters. The maximum Gasteiger partial charge on any atom is 0.573 e. The molecule has 0 aromatic heterocycles. The van der Waals surface area contributed by atoms with Crippen LogP contribution in [0.5, 0.6) is 11.5 Å². The van der Waals surface area contributed by atoms with Crippen LogP contribution in [0.3, 0.4) is 0 Å². The Morgan fingerprint density at radius 3 is 1.17 bits per heavy atom. The third kappa shape index (κ3) is 5.53. The maximum atomic E-state index is 12.2. The molecule has 10 heteroatoms. The number of alkyl halides is 6. The van der Waals surface area contributed by atoms with E-state index in [0.717, 1.165) is 48.5 Å². The monoisotopic (exact) mass is 370 g/mol. The first-order chi connectivity index (χ1) is 11.0. The van der Waals surface area contributed by atoms with Crippen LogP contribution >= 0.6 is 0 Å². The SMILES string of the molecule is [O-][S+](c1ccc(OC(F)(F)F)cc1)c1ccc(OC(F)(F)F)cc1. The largest absolute Gasteiger partial charge is 0.606 e. The lowest BCUT2D eigenvalue weighted by Crippen LogP contribution is -2.17. The Balaban J connectivity index is 2.09. The molecule has 0 saturated heterocycles. The lowest BCUT2D eigenvalue weighted by atomic mass is 10.3. The van der Waals surface area contributed by atoms with Crippen LogP contribution in [0, 0.1) is 0 Å². The minimum atomic E-state index is -4.84. The lowest BCUT2D eigenvalue weighted by molar-refractivity contribution is -0.275. The van der Waals surface area contributed by atoms with Gasteiger partial charge in [0.15, 0.2) is 9.79 Å². The van der Waals surface area contributed by atoms with E-state index in [0.29, 0.717) is 0 Å². The highest BCUT2D eigenvalue weighted by Crippen LogP contribution is 2.28. The van der Waals surface area contributed by atoms with Crippen molar-refractivity contribution < 1.29 is 40.4 Å². The highest BCUT2D eigenvalue weighted by atomic mass is 32.2. The summed E-state index contributed by atoms with van der Waals surface area (Å²) in [5, 5.41) is 0. The number of hydrogen-bond donors (Lipinski definition) is 0. The first-order valence-corrected chi connectivity index (χ1v) is 7.32. The van der Waals surface area contributed by atoms with Gasteiger partial charge in [0.05, 0.1) is 0 Å². The summed E-state index contributed by atoms with van der Waals surface area (Å²) in [4.78, 5) is 0.322.